The lowest BCUT2D eigenvalue weighted by Gasteiger charge is -2.24. The normalized spacial score (nSPS) is 12.1. The molecule has 142 valence electrons. The summed E-state index contributed by atoms with van der Waals surface area (Å²) in [5.41, 5.74) is 2.45. The van der Waals surface area contributed by atoms with Crippen LogP contribution in [0.15, 0.2) is 67.3 Å². The van der Waals surface area contributed by atoms with E-state index in [0.29, 0.717) is 5.56 Å². The highest BCUT2D eigenvalue weighted by molar-refractivity contribution is 5.92. The average molecular weight is 377 g/mol. The van der Waals surface area contributed by atoms with Crippen molar-refractivity contribution in [3.8, 4) is 5.69 Å². The number of benzene rings is 2. The highest BCUT2D eigenvalue weighted by atomic mass is 16.6. The number of nitro benzene ring substituents is 1. The van der Waals surface area contributed by atoms with E-state index >= 15 is 0 Å². The van der Waals surface area contributed by atoms with Crippen LogP contribution in [-0.4, -0.2) is 37.5 Å². The van der Waals surface area contributed by atoms with Crippen molar-refractivity contribution in [1.29, 1.82) is 0 Å². The SMILES string of the molecule is CC(c1ccc(-n2cncn2)cc1)N(C)C(=O)/C=C/c1cccc([N+](=O)[O-])c1. The maximum Gasteiger partial charge on any atom is 0.270 e. The first-order valence-electron chi connectivity index (χ1n) is 8.60. The van der Waals surface area contributed by atoms with Gasteiger partial charge in [0.2, 0.25) is 5.91 Å². The summed E-state index contributed by atoms with van der Waals surface area (Å²) in [7, 11) is 1.72. The molecule has 0 fully saturated rings. The third kappa shape index (κ3) is 4.29. The van der Waals surface area contributed by atoms with Gasteiger partial charge < -0.3 is 4.90 Å². The predicted octanol–water partition coefficient (Wildman–Crippen LogP) is 3.41. The van der Waals surface area contributed by atoms with E-state index in [9.17, 15) is 14.9 Å². The topological polar surface area (TPSA) is 94.2 Å². The van der Waals surface area contributed by atoms with Gasteiger partial charge in [-0.3, -0.25) is 14.9 Å². The summed E-state index contributed by atoms with van der Waals surface area (Å²) in [6.07, 6.45) is 6.08. The molecule has 3 rings (SSSR count). The molecule has 3 aromatic rings. The van der Waals surface area contributed by atoms with Gasteiger partial charge in [0.05, 0.1) is 16.7 Å². The van der Waals surface area contributed by atoms with Gasteiger partial charge in [0, 0.05) is 25.3 Å². The predicted molar refractivity (Wildman–Crippen MR) is 105 cm³/mol. The van der Waals surface area contributed by atoms with Crippen molar-refractivity contribution >= 4 is 17.7 Å². The first kappa shape index (κ1) is 19.0. The number of hydrogen-bond donors (Lipinski definition) is 0. The summed E-state index contributed by atoms with van der Waals surface area (Å²) in [5, 5.41) is 14.9. The summed E-state index contributed by atoms with van der Waals surface area (Å²) in [6, 6.07) is 13.7. The largest absolute Gasteiger partial charge is 0.335 e. The Hall–Kier alpha value is -3.81. The van der Waals surface area contributed by atoms with E-state index in [-0.39, 0.29) is 17.6 Å². The molecule has 1 amide bonds. The number of nitro groups is 1. The second kappa shape index (κ2) is 8.26. The Bertz CT molecular complexity index is 997. The van der Waals surface area contributed by atoms with E-state index in [1.807, 2.05) is 31.2 Å². The van der Waals surface area contributed by atoms with Crippen molar-refractivity contribution in [2.24, 2.45) is 0 Å². The standard InChI is InChI=1S/C20H19N5O3/c1-15(17-7-9-18(10-8-17)24-14-21-13-22-24)23(2)20(26)11-6-16-4-3-5-19(12-16)25(27)28/h3-15H,1-2H3/b11-6+. The van der Waals surface area contributed by atoms with Gasteiger partial charge in [0.15, 0.2) is 0 Å². The van der Waals surface area contributed by atoms with Crippen LogP contribution in [0.25, 0.3) is 11.8 Å². The molecule has 28 heavy (non-hydrogen) atoms. The highest BCUT2D eigenvalue weighted by Crippen LogP contribution is 2.21. The Morgan fingerprint density at radius 1 is 1.25 bits per heavy atom. The molecule has 1 heterocycles. The molecule has 8 nitrogen and oxygen atoms in total. The number of carbonyl (C=O) groups excluding carboxylic acids is 1. The third-order valence-electron chi connectivity index (χ3n) is 4.49. The number of carbonyl (C=O) groups is 1. The molecule has 0 aliphatic rings. The molecule has 1 atom stereocenters. The summed E-state index contributed by atoms with van der Waals surface area (Å²) in [6.45, 7) is 1.93. The zero-order valence-electron chi connectivity index (χ0n) is 15.5. The molecule has 0 spiro atoms. The fourth-order valence-electron chi connectivity index (χ4n) is 2.69. The van der Waals surface area contributed by atoms with Gasteiger partial charge in [0.1, 0.15) is 12.7 Å². The van der Waals surface area contributed by atoms with Crippen LogP contribution in [-0.2, 0) is 4.79 Å². The van der Waals surface area contributed by atoms with Crippen molar-refractivity contribution in [2.75, 3.05) is 7.05 Å². The molecule has 0 saturated carbocycles. The molecular formula is C20H19N5O3. The fourth-order valence-corrected chi connectivity index (χ4v) is 2.69. The second-order valence-electron chi connectivity index (χ2n) is 6.24. The average Bonchev–Trinajstić information content (AvgIpc) is 3.26. The van der Waals surface area contributed by atoms with E-state index in [1.54, 1.807) is 41.2 Å². The first-order valence-corrected chi connectivity index (χ1v) is 8.60. The maximum atomic E-state index is 12.5. The Balaban J connectivity index is 1.68. The molecular weight excluding hydrogens is 358 g/mol. The highest BCUT2D eigenvalue weighted by Gasteiger charge is 2.15. The number of nitrogens with zero attached hydrogens (tertiary/aromatic N) is 5. The van der Waals surface area contributed by atoms with Gasteiger partial charge in [-0.25, -0.2) is 9.67 Å². The van der Waals surface area contributed by atoms with Crippen molar-refractivity contribution in [3.63, 3.8) is 0 Å². The Labute approximate surface area is 161 Å². The summed E-state index contributed by atoms with van der Waals surface area (Å²) < 4.78 is 1.66. The summed E-state index contributed by atoms with van der Waals surface area (Å²) in [5.74, 6) is -0.195. The van der Waals surface area contributed by atoms with Gasteiger partial charge >= 0.3 is 0 Å². The molecule has 0 aliphatic carbocycles. The van der Waals surface area contributed by atoms with Crippen molar-refractivity contribution in [1.82, 2.24) is 19.7 Å². The zero-order valence-corrected chi connectivity index (χ0v) is 15.5. The van der Waals surface area contributed by atoms with Crippen LogP contribution in [0.3, 0.4) is 0 Å². The maximum absolute atomic E-state index is 12.5. The fraction of sp³-hybridized carbons (Fsp3) is 0.150. The van der Waals surface area contributed by atoms with Crippen LogP contribution >= 0.6 is 0 Å². The molecule has 0 saturated heterocycles. The number of aromatic nitrogens is 3. The molecule has 0 bridgehead atoms. The lowest BCUT2D eigenvalue weighted by molar-refractivity contribution is -0.384. The van der Waals surface area contributed by atoms with Gasteiger partial charge in [-0.1, -0.05) is 24.3 Å². The van der Waals surface area contributed by atoms with Gasteiger partial charge in [0.25, 0.3) is 5.69 Å². The number of amides is 1. The third-order valence-corrected chi connectivity index (χ3v) is 4.49. The minimum atomic E-state index is -0.462. The van der Waals surface area contributed by atoms with Crippen molar-refractivity contribution < 1.29 is 9.72 Å². The van der Waals surface area contributed by atoms with Crippen LogP contribution in [0.2, 0.25) is 0 Å². The number of non-ortho nitro benzene ring substituents is 1. The van der Waals surface area contributed by atoms with Gasteiger partial charge in [-0.05, 0) is 36.3 Å². The monoisotopic (exact) mass is 377 g/mol. The lowest BCUT2D eigenvalue weighted by atomic mass is 10.1. The van der Waals surface area contributed by atoms with E-state index in [1.165, 1.54) is 24.5 Å². The van der Waals surface area contributed by atoms with E-state index in [4.69, 9.17) is 0 Å². The molecule has 1 aromatic heterocycles. The molecule has 0 aliphatic heterocycles. The lowest BCUT2D eigenvalue weighted by Crippen LogP contribution is -2.27. The molecule has 2 aromatic carbocycles. The minimum Gasteiger partial charge on any atom is -0.335 e. The van der Waals surface area contributed by atoms with Crippen LogP contribution in [0.5, 0.6) is 0 Å². The van der Waals surface area contributed by atoms with Gasteiger partial charge in [-0.2, -0.15) is 5.10 Å². The summed E-state index contributed by atoms with van der Waals surface area (Å²) in [4.78, 5) is 28.4. The molecule has 8 heteroatoms. The van der Waals surface area contributed by atoms with Crippen molar-refractivity contribution in [2.45, 2.75) is 13.0 Å². The van der Waals surface area contributed by atoms with E-state index in [2.05, 4.69) is 10.1 Å². The van der Waals surface area contributed by atoms with E-state index < -0.39 is 4.92 Å². The molecule has 0 N–H and O–H groups in total. The first-order chi connectivity index (χ1) is 13.5. The van der Waals surface area contributed by atoms with Gasteiger partial charge in [-0.15, -0.1) is 0 Å². The summed E-state index contributed by atoms with van der Waals surface area (Å²) >= 11 is 0. The zero-order chi connectivity index (χ0) is 20.1. The minimum absolute atomic E-state index is 0.0104. The second-order valence-corrected chi connectivity index (χ2v) is 6.24. The molecule has 0 radical (unpaired) electrons. The number of rotatable bonds is 6. The quantitative estimate of drug-likeness (QED) is 0.373. The van der Waals surface area contributed by atoms with Crippen molar-refractivity contribution in [3.05, 3.63) is 88.5 Å². The van der Waals surface area contributed by atoms with E-state index in [0.717, 1.165) is 11.3 Å². The number of hydrogen-bond acceptors (Lipinski definition) is 5. The van der Waals surface area contributed by atoms with Crippen LogP contribution < -0.4 is 0 Å². The Morgan fingerprint density at radius 3 is 2.64 bits per heavy atom. The number of likely N-dealkylation sites (N-methyl/N-ethyl adjacent to an activating group) is 1. The molecule has 1 unspecified atom stereocenters. The van der Waals surface area contributed by atoms with Crippen LogP contribution in [0, 0.1) is 10.1 Å². The van der Waals surface area contributed by atoms with Crippen LogP contribution in [0.1, 0.15) is 24.1 Å². The van der Waals surface area contributed by atoms with Crippen LogP contribution in [0.4, 0.5) is 5.69 Å². The Morgan fingerprint density at radius 2 is 2.00 bits per heavy atom. The Kier molecular flexibility index (Phi) is 5.59. The smallest absolute Gasteiger partial charge is 0.270 e.